The first-order valence-electron chi connectivity index (χ1n) is 38.9. The van der Waals surface area contributed by atoms with Crippen LogP contribution in [0.1, 0.15) is 101 Å². The summed E-state index contributed by atoms with van der Waals surface area (Å²) in [5.74, 6) is -5.32. The molecule has 4 atom stereocenters. The van der Waals surface area contributed by atoms with E-state index in [0.29, 0.717) is 39.2 Å². The maximum absolute atomic E-state index is 13.2. The van der Waals surface area contributed by atoms with E-state index in [0.717, 1.165) is 35.6 Å². The van der Waals surface area contributed by atoms with Crippen LogP contribution >= 0.6 is 46.4 Å². The number of carbonyl (C=O) groups is 7. The second-order valence-electron chi connectivity index (χ2n) is 29.1. The molecular formula is C91H90Cl4N10O19S4. The number of halogens is 4. The maximum atomic E-state index is 13.2. The van der Waals surface area contributed by atoms with Crippen molar-refractivity contribution >= 4 is 178 Å². The summed E-state index contributed by atoms with van der Waals surface area (Å²) >= 11 is 24.9. The largest absolute Gasteiger partial charge is 0.506 e. The fourth-order valence-corrected chi connectivity index (χ4v) is 19.7. The van der Waals surface area contributed by atoms with Crippen LogP contribution in [-0.4, -0.2) is 129 Å². The van der Waals surface area contributed by atoms with E-state index in [1.54, 1.807) is 206 Å². The number of rotatable bonds is 27. The maximum Gasteiger partial charge on any atom is 0.323 e. The Labute approximate surface area is 761 Å². The summed E-state index contributed by atoms with van der Waals surface area (Å²) in [5, 5.41) is 68.6. The predicted molar refractivity (Wildman–Crippen MR) is 500 cm³/mol. The SMILES string of the molecule is CC(C)C(C(=O)Nc1cc(O)c(NC(=O)c2ccccc2)cc1Cl)S(C)(=O)=O.CC(CNc1cc(O)c(NC(=O)c2ccccc2)cc1Cl)S(=O)(=O)c1ccccc1.CCC(C(=O)Nc1cc(O)c(NC(=O)Nc2ccc(C#N)cc2)cc1Cl)S(=O)(=O)c1cccc(C)c1.CCC(C(=O)Nc1cc(O)c(NC(=O)c2ccccc2)cc1Cl)S(=O)(=O)c1ccc(C)cc1C. The Morgan fingerprint density at radius 2 is 0.750 bits per heavy atom. The predicted octanol–water partition coefficient (Wildman–Crippen LogP) is 18.0. The third-order valence-electron chi connectivity index (χ3n) is 19.0. The molecule has 11 rings (SSSR count). The molecule has 0 aliphatic heterocycles. The van der Waals surface area contributed by atoms with Gasteiger partial charge in [0.05, 0.1) is 97.2 Å². The number of aromatic hydroxyl groups is 4. The van der Waals surface area contributed by atoms with Gasteiger partial charge in [-0.05, 0) is 173 Å². The summed E-state index contributed by atoms with van der Waals surface area (Å²) in [6, 6.07) is 62.2. The molecule has 0 fully saturated rings. The number of phenolic OH excluding ortho intramolecular Hbond substituents is 4. The Morgan fingerprint density at radius 3 is 1.13 bits per heavy atom. The smallest absolute Gasteiger partial charge is 0.323 e. The highest BCUT2D eigenvalue weighted by Gasteiger charge is 2.37. The fourth-order valence-electron chi connectivity index (χ4n) is 12.5. The van der Waals surface area contributed by atoms with Crippen LogP contribution in [0.5, 0.6) is 23.0 Å². The summed E-state index contributed by atoms with van der Waals surface area (Å²) in [6.45, 7) is 13.4. The number of nitrogens with one attached hydrogen (secondary N) is 9. The molecule has 0 saturated heterocycles. The second kappa shape index (κ2) is 44.9. The molecule has 0 heterocycles. The van der Waals surface area contributed by atoms with Crippen molar-refractivity contribution in [3.05, 3.63) is 296 Å². The molecule has 0 saturated carbocycles. The van der Waals surface area contributed by atoms with Crippen LogP contribution in [0.3, 0.4) is 0 Å². The van der Waals surface area contributed by atoms with Crippen molar-refractivity contribution < 1.29 is 87.7 Å². The van der Waals surface area contributed by atoms with Gasteiger partial charge in [-0.25, -0.2) is 38.5 Å². The third-order valence-corrected chi connectivity index (χ3v) is 28.7. The molecule has 0 radical (unpaired) electrons. The molecule has 29 nitrogen and oxygen atoms in total. The number of nitriles is 1. The van der Waals surface area contributed by atoms with Crippen molar-refractivity contribution in [2.45, 2.75) is 104 Å². The molecule has 0 aliphatic carbocycles. The first kappa shape index (κ1) is 100. The van der Waals surface area contributed by atoms with Crippen molar-refractivity contribution in [1.29, 1.82) is 5.26 Å². The minimum absolute atomic E-state index is 0.0147. The monoisotopic (exact) mass is 1890 g/mol. The quantitative estimate of drug-likeness (QED) is 0.0213. The van der Waals surface area contributed by atoms with E-state index in [4.69, 9.17) is 51.7 Å². The molecule has 0 bridgehead atoms. The van der Waals surface area contributed by atoms with Gasteiger partial charge in [-0.15, -0.1) is 0 Å². The molecule has 128 heavy (non-hydrogen) atoms. The van der Waals surface area contributed by atoms with Gasteiger partial charge in [0, 0.05) is 59.4 Å². The Kier molecular flexibility index (Phi) is 35.2. The number of aryl methyl sites for hydroxylation is 3. The van der Waals surface area contributed by atoms with Crippen molar-refractivity contribution in [3.8, 4) is 29.1 Å². The van der Waals surface area contributed by atoms with E-state index in [9.17, 15) is 87.7 Å². The number of urea groups is 1. The van der Waals surface area contributed by atoms with Crippen LogP contribution in [-0.2, 0) is 53.7 Å². The van der Waals surface area contributed by atoms with E-state index >= 15 is 0 Å². The van der Waals surface area contributed by atoms with Gasteiger partial charge >= 0.3 is 6.03 Å². The molecule has 670 valence electrons. The number of amides is 8. The lowest BCUT2D eigenvalue weighted by molar-refractivity contribution is -0.117. The van der Waals surface area contributed by atoms with Crippen LogP contribution in [0.4, 0.5) is 56.0 Å². The number of sulfone groups is 4. The van der Waals surface area contributed by atoms with Crippen LogP contribution in [0.2, 0.25) is 20.1 Å². The first-order valence-corrected chi connectivity index (χ1v) is 47.0. The Balaban J connectivity index is 0.000000212. The highest BCUT2D eigenvalue weighted by atomic mass is 35.5. The molecule has 4 unspecified atom stereocenters. The number of phenols is 4. The number of carbonyl (C=O) groups excluding carboxylic acids is 7. The number of hydrogen-bond acceptors (Lipinski definition) is 21. The molecule has 13 N–H and O–H groups in total. The zero-order valence-electron chi connectivity index (χ0n) is 70.0. The zero-order valence-corrected chi connectivity index (χ0v) is 76.3. The van der Waals surface area contributed by atoms with E-state index in [-0.39, 0.29) is 117 Å². The normalized spacial score (nSPS) is 12.1. The Morgan fingerprint density at radius 1 is 0.383 bits per heavy atom. The number of hydrogen-bond donors (Lipinski definition) is 13. The van der Waals surface area contributed by atoms with Gasteiger partial charge in [0.1, 0.15) is 38.7 Å². The lowest BCUT2D eigenvalue weighted by atomic mass is 10.1. The van der Waals surface area contributed by atoms with Gasteiger partial charge in [-0.3, -0.25) is 28.8 Å². The molecule has 0 aliphatic rings. The molecule has 0 spiro atoms. The van der Waals surface area contributed by atoms with Crippen LogP contribution in [0, 0.1) is 38.0 Å². The number of benzene rings is 11. The van der Waals surface area contributed by atoms with Crippen molar-refractivity contribution in [2.75, 3.05) is 60.7 Å². The molecule has 8 amide bonds. The molecular weight excluding hydrogens is 1810 g/mol. The van der Waals surface area contributed by atoms with Crippen molar-refractivity contribution in [1.82, 2.24) is 0 Å². The van der Waals surface area contributed by atoms with Crippen LogP contribution in [0.25, 0.3) is 0 Å². The Hall–Kier alpha value is -13.0. The second-order valence-corrected chi connectivity index (χ2v) is 39.5. The fraction of sp³-hybridized carbons (Fsp3) is 0.187. The average Bonchev–Trinajstić information content (AvgIpc) is 0.791. The minimum Gasteiger partial charge on any atom is -0.506 e. The standard InChI is InChI=1S/C25H23ClN4O5S.C25H25ClN2O5S.C22H21ClN2O4S.C19H21ClN2O5S/c1-3-23(36(34,35)18-6-4-5-15(2)11-18)24(32)29-20-13-22(31)21(12-19(20)26)30-25(33)28-17-9-7-16(14-27)8-10-17;1-4-22(34(32,33)23-11-10-15(2)12-16(23)3)25(31)27-19-14-21(29)20(13-18(19)26)28-24(30)17-8-6-5-7-9-17;1-15(30(28,29)17-10-6-3-7-11-17)14-24-19-13-21(26)20(12-18(19)23)25-22(27)16-8-4-2-5-9-16;1-11(2)17(28(3,26)27)19(25)21-14-10-16(23)15(9-13(14)20)22-18(24)12-7-5-4-6-8-12/h4-13,23,31H,3H2,1-2H3,(H,29,32)(H2,28,30,33);5-14,22,29H,4H2,1-3H3,(H,27,31)(H,28,30);2-13,15,24,26H,14H2,1H3,(H,25,27);4-11,17,23H,1-3H3,(H,21,25)(H,22,24). The summed E-state index contributed by atoms with van der Waals surface area (Å²) in [5.41, 5.74) is 4.91. The number of nitrogens with zero attached hydrogens (tertiary/aromatic N) is 1. The molecule has 11 aromatic carbocycles. The van der Waals surface area contributed by atoms with Gasteiger partial charge in [0.2, 0.25) is 17.7 Å². The van der Waals surface area contributed by atoms with Crippen LogP contribution in [0.15, 0.2) is 251 Å². The first-order chi connectivity index (χ1) is 60.4. The van der Waals surface area contributed by atoms with Gasteiger partial charge < -0.3 is 68.3 Å². The number of anilines is 9. The van der Waals surface area contributed by atoms with E-state index in [1.165, 1.54) is 60.7 Å². The van der Waals surface area contributed by atoms with Crippen molar-refractivity contribution in [2.24, 2.45) is 5.92 Å². The summed E-state index contributed by atoms with van der Waals surface area (Å²) in [7, 11) is -15.1. The van der Waals surface area contributed by atoms with E-state index in [2.05, 4.69) is 47.9 Å². The van der Waals surface area contributed by atoms with Gasteiger partial charge in [-0.2, -0.15) is 5.26 Å². The van der Waals surface area contributed by atoms with Gasteiger partial charge in [0.15, 0.2) is 39.3 Å². The highest BCUT2D eigenvalue weighted by Crippen LogP contribution is 2.40. The summed E-state index contributed by atoms with van der Waals surface area (Å²) < 4.78 is 102. The molecule has 0 aromatic heterocycles. The van der Waals surface area contributed by atoms with Crippen LogP contribution < -0.4 is 47.9 Å². The molecule has 11 aromatic rings. The van der Waals surface area contributed by atoms with Gasteiger partial charge in [0.25, 0.3) is 17.7 Å². The average molecular weight is 1900 g/mol. The highest BCUT2D eigenvalue weighted by molar-refractivity contribution is 7.93. The van der Waals surface area contributed by atoms with E-state index in [1.807, 2.05) is 13.0 Å². The summed E-state index contributed by atoms with van der Waals surface area (Å²) in [6.07, 6.45) is 1.04. The lowest BCUT2D eigenvalue weighted by Crippen LogP contribution is -2.38. The third kappa shape index (κ3) is 27.0. The Bertz CT molecular complexity index is 6470. The molecule has 37 heteroatoms. The summed E-state index contributed by atoms with van der Waals surface area (Å²) in [4.78, 5) is 87.8. The minimum atomic E-state index is -3.97. The van der Waals surface area contributed by atoms with E-state index < -0.39 is 108 Å². The van der Waals surface area contributed by atoms with Crippen molar-refractivity contribution in [3.63, 3.8) is 0 Å². The topological polar surface area (TPSA) is 469 Å². The van der Waals surface area contributed by atoms with Gasteiger partial charge in [-0.1, -0.05) is 177 Å². The zero-order chi connectivity index (χ0) is 94.3. The lowest BCUT2D eigenvalue weighted by Gasteiger charge is -2.19.